The highest BCUT2D eigenvalue weighted by Crippen LogP contribution is 2.33. The van der Waals surface area contributed by atoms with Crippen LogP contribution in [0.2, 0.25) is 10.0 Å². The summed E-state index contributed by atoms with van der Waals surface area (Å²) >= 11 is 11.7. The van der Waals surface area contributed by atoms with Crippen molar-refractivity contribution in [2.45, 2.75) is 24.7 Å². The summed E-state index contributed by atoms with van der Waals surface area (Å²) in [5.41, 5.74) is 1.47. The molecule has 6 heteroatoms. The maximum Gasteiger partial charge on any atom is 0.124 e. The third-order valence-corrected chi connectivity index (χ3v) is 4.98. The Balaban J connectivity index is 2.31. The maximum atomic E-state index is 12.3. The molecule has 0 unspecified atom stereocenters. The van der Waals surface area contributed by atoms with Crippen LogP contribution in [0.4, 0.5) is 5.69 Å². The number of hydrogen-bond donors (Lipinski definition) is 0. The molecule has 3 nitrogen and oxygen atoms in total. The van der Waals surface area contributed by atoms with E-state index in [1.807, 2.05) is 12.1 Å². The van der Waals surface area contributed by atoms with Gasteiger partial charge in [0.2, 0.25) is 0 Å². The van der Waals surface area contributed by atoms with E-state index in [2.05, 4.69) is 18.6 Å². The standard InChI is InChI=1S/C15H14Cl2NO2S/c1-10(2)11-3-6-13(7-4-11)18-21(19,20)15-9-12(16)5-8-14(15)17/h3-10H,1-2H3/q-1. The van der Waals surface area contributed by atoms with E-state index in [-0.39, 0.29) is 9.92 Å². The molecule has 0 atom stereocenters. The first-order valence-electron chi connectivity index (χ1n) is 6.32. The van der Waals surface area contributed by atoms with Gasteiger partial charge in [-0.15, -0.1) is 5.69 Å². The van der Waals surface area contributed by atoms with Gasteiger partial charge in [0.1, 0.15) is 10.0 Å². The minimum absolute atomic E-state index is 0.0930. The van der Waals surface area contributed by atoms with Gasteiger partial charge in [-0.1, -0.05) is 61.3 Å². The molecular weight excluding hydrogens is 329 g/mol. The largest absolute Gasteiger partial charge is 0.573 e. The van der Waals surface area contributed by atoms with Crippen LogP contribution in [0, 0.1) is 0 Å². The van der Waals surface area contributed by atoms with Crippen molar-refractivity contribution in [1.29, 1.82) is 0 Å². The van der Waals surface area contributed by atoms with E-state index in [0.29, 0.717) is 16.6 Å². The third kappa shape index (κ3) is 3.90. The normalized spacial score (nSPS) is 11.7. The molecule has 0 radical (unpaired) electrons. The summed E-state index contributed by atoms with van der Waals surface area (Å²) in [6.07, 6.45) is 0. The number of sulfonamides is 1. The molecule has 2 rings (SSSR count). The Kier molecular flexibility index (Phi) is 4.81. The Hall–Kier alpha value is -1.23. The molecule has 0 spiro atoms. The number of rotatable bonds is 4. The van der Waals surface area contributed by atoms with Crippen molar-refractivity contribution in [2.75, 3.05) is 0 Å². The smallest absolute Gasteiger partial charge is 0.124 e. The van der Waals surface area contributed by atoms with Crippen molar-refractivity contribution >= 4 is 38.9 Å². The Morgan fingerprint density at radius 3 is 2.19 bits per heavy atom. The van der Waals surface area contributed by atoms with Gasteiger partial charge in [0.05, 0.1) is 9.92 Å². The molecule has 0 bridgehead atoms. The average molecular weight is 343 g/mol. The summed E-state index contributed by atoms with van der Waals surface area (Å²) in [4.78, 5) is -0.0930. The van der Waals surface area contributed by atoms with Gasteiger partial charge in [-0.25, -0.2) is 8.42 Å². The second-order valence-electron chi connectivity index (χ2n) is 4.89. The summed E-state index contributed by atoms with van der Waals surface area (Å²) in [6, 6.07) is 11.3. The fraction of sp³-hybridized carbons (Fsp3) is 0.200. The van der Waals surface area contributed by atoms with Gasteiger partial charge in [-0.2, -0.15) is 0 Å². The van der Waals surface area contributed by atoms with E-state index < -0.39 is 10.0 Å². The fourth-order valence-corrected chi connectivity index (χ4v) is 3.52. The number of benzene rings is 2. The third-order valence-electron chi connectivity index (χ3n) is 2.96. The minimum atomic E-state index is -3.89. The first-order chi connectivity index (χ1) is 9.79. The van der Waals surface area contributed by atoms with Crippen molar-refractivity contribution in [3.8, 4) is 0 Å². The zero-order valence-corrected chi connectivity index (χ0v) is 13.9. The van der Waals surface area contributed by atoms with Crippen molar-refractivity contribution in [3.05, 3.63) is 62.8 Å². The molecule has 0 saturated carbocycles. The Morgan fingerprint density at radius 2 is 1.62 bits per heavy atom. The van der Waals surface area contributed by atoms with Gasteiger partial charge in [-0.05, 0) is 29.7 Å². The molecule has 2 aromatic rings. The molecule has 0 aliphatic heterocycles. The van der Waals surface area contributed by atoms with E-state index in [1.54, 1.807) is 12.1 Å². The van der Waals surface area contributed by atoms with E-state index >= 15 is 0 Å². The monoisotopic (exact) mass is 342 g/mol. The second kappa shape index (κ2) is 6.26. The van der Waals surface area contributed by atoms with Gasteiger partial charge in [0.25, 0.3) is 0 Å². The number of nitrogens with zero attached hydrogens (tertiary/aromatic N) is 1. The summed E-state index contributed by atoms with van der Waals surface area (Å²) in [5, 5.41) is 0.394. The summed E-state index contributed by atoms with van der Waals surface area (Å²) in [5.74, 6) is 0.373. The van der Waals surface area contributed by atoms with E-state index in [0.717, 1.165) is 5.56 Å². The Bertz CT molecular complexity index is 741. The minimum Gasteiger partial charge on any atom is -0.573 e. The van der Waals surface area contributed by atoms with Crippen molar-refractivity contribution < 1.29 is 8.42 Å². The summed E-state index contributed by atoms with van der Waals surface area (Å²) in [6.45, 7) is 4.13. The molecule has 0 N–H and O–H groups in total. The van der Waals surface area contributed by atoms with Gasteiger partial charge in [-0.3, -0.25) is 0 Å². The lowest BCUT2D eigenvalue weighted by Crippen LogP contribution is -1.99. The highest BCUT2D eigenvalue weighted by molar-refractivity contribution is 7.94. The fourth-order valence-electron chi connectivity index (χ4n) is 1.78. The summed E-state index contributed by atoms with van der Waals surface area (Å²) in [7, 11) is -3.89. The first-order valence-corrected chi connectivity index (χ1v) is 8.52. The van der Waals surface area contributed by atoms with Crippen LogP contribution >= 0.6 is 23.2 Å². The van der Waals surface area contributed by atoms with E-state index in [9.17, 15) is 8.42 Å². The van der Waals surface area contributed by atoms with Gasteiger partial charge < -0.3 is 4.72 Å². The van der Waals surface area contributed by atoms with Crippen LogP contribution in [0.15, 0.2) is 47.4 Å². The average Bonchev–Trinajstić information content (AvgIpc) is 2.41. The molecule has 0 heterocycles. The van der Waals surface area contributed by atoms with Gasteiger partial charge in [0.15, 0.2) is 0 Å². The molecular formula is C15H14Cl2NO2S-. The van der Waals surface area contributed by atoms with Crippen LogP contribution in [0.5, 0.6) is 0 Å². The summed E-state index contributed by atoms with van der Waals surface area (Å²) < 4.78 is 28.4. The van der Waals surface area contributed by atoms with Crippen LogP contribution in [0.3, 0.4) is 0 Å². The van der Waals surface area contributed by atoms with Crippen LogP contribution < -0.4 is 0 Å². The van der Waals surface area contributed by atoms with Crippen LogP contribution in [-0.4, -0.2) is 8.42 Å². The quantitative estimate of drug-likeness (QED) is 0.735. The SMILES string of the molecule is CC(C)c1ccc([N-]S(=O)(=O)c2cc(Cl)ccc2Cl)cc1. The number of hydrogen-bond acceptors (Lipinski definition) is 2. The van der Waals surface area contributed by atoms with Gasteiger partial charge >= 0.3 is 0 Å². The van der Waals surface area contributed by atoms with Crippen molar-refractivity contribution in [3.63, 3.8) is 0 Å². The van der Waals surface area contributed by atoms with Crippen LogP contribution in [0.1, 0.15) is 25.3 Å². The van der Waals surface area contributed by atoms with Gasteiger partial charge in [0, 0.05) is 5.02 Å². The lowest BCUT2D eigenvalue weighted by atomic mass is 10.0. The molecule has 0 aromatic heterocycles. The topological polar surface area (TPSA) is 48.2 Å². The maximum absolute atomic E-state index is 12.3. The van der Waals surface area contributed by atoms with E-state index in [4.69, 9.17) is 23.2 Å². The zero-order chi connectivity index (χ0) is 15.6. The van der Waals surface area contributed by atoms with Crippen LogP contribution in [-0.2, 0) is 10.0 Å². The predicted molar refractivity (Wildman–Crippen MR) is 87.2 cm³/mol. The highest BCUT2D eigenvalue weighted by atomic mass is 35.5. The van der Waals surface area contributed by atoms with E-state index in [1.165, 1.54) is 18.2 Å². The molecule has 0 amide bonds. The molecule has 21 heavy (non-hydrogen) atoms. The number of halogens is 2. The highest BCUT2D eigenvalue weighted by Gasteiger charge is 2.11. The van der Waals surface area contributed by atoms with Crippen LogP contribution in [0.25, 0.3) is 4.72 Å². The molecule has 0 aliphatic carbocycles. The molecule has 0 aliphatic rings. The Labute approximate surface area is 135 Å². The lowest BCUT2D eigenvalue weighted by molar-refractivity contribution is 0.603. The molecule has 0 saturated heterocycles. The van der Waals surface area contributed by atoms with Crippen molar-refractivity contribution in [2.24, 2.45) is 0 Å². The second-order valence-corrected chi connectivity index (χ2v) is 7.30. The Morgan fingerprint density at radius 1 is 1.00 bits per heavy atom. The molecule has 112 valence electrons. The molecule has 2 aromatic carbocycles. The zero-order valence-electron chi connectivity index (χ0n) is 11.5. The first kappa shape index (κ1) is 16.1. The predicted octanol–water partition coefficient (Wildman–Crippen LogP) is 5.51. The lowest BCUT2D eigenvalue weighted by Gasteiger charge is -2.23. The molecule has 0 fully saturated rings. The van der Waals surface area contributed by atoms with Crippen molar-refractivity contribution in [1.82, 2.24) is 0 Å².